The van der Waals surface area contributed by atoms with E-state index < -0.39 is 0 Å². The first-order valence-corrected chi connectivity index (χ1v) is 5.80. The molecule has 1 fully saturated rings. The molecule has 3 N–H and O–H groups in total. The maximum Gasteiger partial charge on any atom is 0.0506 e. The first-order valence-electron chi connectivity index (χ1n) is 5.04. The minimum absolute atomic E-state index is 0.117. The quantitative estimate of drug-likeness (QED) is 0.634. The van der Waals surface area contributed by atoms with Crippen LogP contribution >= 0.6 is 23.2 Å². The Labute approximate surface area is 99.7 Å². The number of nitrogens with one attached hydrogen (secondary N) is 1. The summed E-state index contributed by atoms with van der Waals surface area (Å²) in [6.45, 7) is 2.22. The van der Waals surface area contributed by atoms with E-state index in [1.165, 1.54) is 6.42 Å². The monoisotopic (exact) mass is 244 g/mol. The van der Waals surface area contributed by atoms with Crippen molar-refractivity contribution >= 4 is 23.2 Å². The lowest BCUT2D eigenvalue weighted by Crippen LogP contribution is -2.30. The maximum atomic E-state index is 6.14. The lowest BCUT2D eigenvalue weighted by molar-refractivity contribution is 0.476. The lowest BCUT2D eigenvalue weighted by Gasteiger charge is -2.17. The van der Waals surface area contributed by atoms with Crippen LogP contribution in [0.15, 0.2) is 18.2 Å². The Hall–Kier alpha value is -0.280. The third-order valence-electron chi connectivity index (χ3n) is 3.07. The minimum Gasteiger partial charge on any atom is -0.271 e. The Morgan fingerprint density at radius 3 is 2.67 bits per heavy atom. The number of nitrogens with two attached hydrogens (primary N) is 1. The highest BCUT2D eigenvalue weighted by Crippen LogP contribution is 2.48. The number of halogens is 2. The van der Waals surface area contributed by atoms with Crippen molar-refractivity contribution in [3.8, 4) is 0 Å². The fourth-order valence-corrected chi connectivity index (χ4v) is 2.43. The molecule has 2 nitrogen and oxygen atoms in total. The van der Waals surface area contributed by atoms with Crippen LogP contribution in [0.4, 0.5) is 0 Å². The lowest BCUT2D eigenvalue weighted by atomic mass is 10.0. The van der Waals surface area contributed by atoms with Gasteiger partial charge in [0.1, 0.15) is 0 Å². The van der Waals surface area contributed by atoms with Crippen LogP contribution in [0.2, 0.25) is 10.0 Å². The van der Waals surface area contributed by atoms with Crippen molar-refractivity contribution in [1.82, 2.24) is 5.43 Å². The van der Waals surface area contributed by atoms with Crippen LogP contribution in [0.5, 0.6) is 0 Å². The molecule has 0 saturated heterocycles. The van der Waals surface area contributed by atoms with Gasteiger partial charge in [-0.05, 0) is 42.0 Å². The first kappa shape index (κ1) is 11.2. The van der Waals surface area contributed by atoms with Crippen molar-refractivity contribution in [2.75, 3.05) is 0 Å². The molecule has 4 heteroatoms. The first-order chi connectivity index (χ1) is 7.13. The molecular formula is C11H14Cl2N2. The molecule has 0 bridgehead atoms. The van der Waals surface area contributed by atoms with Gasteiger partial charge < -0.3 is 0 Å². The summed E-state index contributed by atoms with van der Waals surface area (Å²) in [4.78, 5) is 0. The average Bonchev–Trinajstić information content (AvgIpc) is 2.90. The van der Waals surface area contributed by atoms with Gasteiger partial charge in [-0.3, -0.25) is 11.3 Å². The molecule has 0 aliphatic heterocycles. The predicted octanol–water partition coefficient (Wildman–Crippen LogP) is 3.15. The number of benzene rings is 1. The molecular weight excluding hydrogens is 231 g/mol. The Morgan fingerprint density at radius 2 is 2.13 bits per heavy atom. The zero-order valence-corrected chi connectivity index (χ0v) is 10.0. The molecule has 1 aliphatic rings. The summed E-state index contributed by atoms with van der Waals surface area (Å²) in [5.74, 6) is 6.86. The van der Waals surface area contributed by atoms with Gasteiger partial charge in [0, 0.05) is 10.0 Å². The van der Waals surface area contributed by atoms with Gasteiger partial charge in [0.25, 0.3) is 0 Å². The summed E-state index contributed by atoms with van der Waals surface area (Å²) in [6.07, 6.45) is 1.19. The average molecular weight is 245 g/mol. The maximum absolute atomic E-state index is 6.14. The molecule has 3 unspecified atom stereocenters. The van der Waals surface area contributed by atoms with E-state index in [9.17, 15) is 0 Å². The summed E-state index contributed by atoms with van der Waals surface area (Å²) in [7, 11) is 0. The van der Waals surface area contributed by atoms with Gasteiger partial charge in [0.2, 0.25) is 0 Å². The molecule has 2 rings (SSSR count). The second kappa shape index (κ2) is 4.30. The van der Waals surface area contributed by atoms with Crippen LogP contribution in [0.25, 0.3) is 0 Å². The Kier molecular flexibility index (Phi) is 3.21. The van der Waals surface area contributed by atoms with Crippen molar-refractivity contribution in [2.45, 2.75) is 19.4 Å². The molecule has 0 radical (unpaired) electrons. The largest absolute Gasteiger partial charge is 0.271 e. The van der Waals surface area contributed by atoms with E-state index in [0.29, 0.717) is 16.9 Å². The van der Waals surface area contributed by atoms with Gasteiger partial charge in [-0.2, -0.15) is 0 Å². The van der Waals surface area contributed by atoms with Crippen molar-refractivity contribution in [2.24, 2.45) is 17.7 Å². The molecule has 3 atom stereocenters. The summed E-state index contributed by atoms with van der Waals surface area (Å²) >= 11 is 12.1. The van der Waals surface area contributed by atoms with Crippen LogP contribution < -0.4 is 11.3 Å². The van der Waals surface area contributed by atoms with E-state index in [1.54, 1.807) is 6.07 Å². The van der Waals surface area contributed by atoms with E-state index in [4.69, 9.17) is 29.0 Å². The van der Waals surface area contributed by atoms with Gasteiger partial charge in [-0.15, -0.1) is 0 Å². The molecule has 1 aromatic rings. The molecule has 0 aromatic heterocycles. The van der Waals surface area contributed by atoms with Crippen molar-refractivity contribution in [1.29, 1.82) is 0 Å². The number of hydrazine groups is 1. The van der Waals surface area contributed by atoms with Gasteiger partial charge >= 0.3 is 0 Å². The van der Waals surface area contributed by atoms with Crippen molar-refractivity contribution in [3.05, 3.63) is 33.8 Å². The third kappa shape index (κ3) is 2.28. The Morgan fingerprint density at radius 1 is 1.47 bits per heavy atom. The van der Waals surface area contributed by atoms with E-state index in [-0.39, 0.29) is 6.04 Å². The van der Waals surface area contributed by atoms with E-state index >= 15 is 0 Å². The highest BCUT2D eigenvalue weighted by Gasteiger charge is 2.40. The van der Waals surface area contributed by atoms with Crippen LogP contribution in [0.3, 0.4) is 0 Å². The fourth-order valence-electron chi connectivity index (χ4n) is 2.01. The number of hydrogen-bond donors (Lipinski definition) is 2. The molecule has 0 spiro atoms. The van der Waals surface area contributed by atoms with Crippen LogP contribution in [-0.2, 0) is 0 Å². The molecule has 82 valence electrons. The van der Waals surface area contributed by atoms with Crippen molar-refractivity contribution in [3.63, 3.8) is 0 Å². The van der Waals surface area contributed by atoms with Crippen LogP contribution in [0, 0.1) is 11.8 Å². The second-order valence-corrected chi connectivity index (χ2v) is 5.03. The van der Waals surface area contributed by atoms with E-state index in [0.717, 1.165) is 10.6 Å². The zero-order valence-electron chi connectivity index (χ0n) is 8.50. The predicted molar refractivity (Wildman–Crippen MR) is 63.8 cm³/mol. The van der Waals surface area contributed by atoms with Gasteiger partial charge in [0.15, 0.2) is 0 Å². The molecule has 0 heterocycles. The highest BCUT2D eigenvalue weighted by atomic mass is 35.5. The van der Waals surface area contributed by atoms with Gasteiger partial charge in [-0.25, -0.2) is 0 Å². The molecule has 1 aliphatic carbocycles. The summed E-state index contributed by atoms with van der Waals surface area (Å²) in [5, 5.41) is 1.42. The molecule has 1 aromatic carbocycles. The smallest absolute Gasteiger partial charge is 0.0506 e. The van der Waals surface area contributed by atoms with E-state index in [1.807, 2.05) is 12.1 Å². The van der Waals surface area contributed by atoms with E-state index in [2.05, 4.69) is 12.3 Å². The SMILES string of the molecule is CC1CC1C(NN)c1cc(Cl)ccc1Cl. The highest BCUT2D eigenvalue weighted by molar-refractivity contribution is 6.33. The summed E-state index contributed by atoms with van der Waals surface area (Å²) in [6, 6.07) is 5.61. The minimum atomic E-state index is 0.117. The van der Waals surface area contributed by atoms with Crippen LogP contribution in [-0.4, -0.2) is 0 Å². The van der Waals surface area contributed by atoms with Gasteiger partial charge in [0.05, 0.1) is 6.04 Å². The molecule has 15 heavy (non-hydrogen) atoms. The molecule has 0 amide bonds. The number of hydrogen-bond acceptors (Lipinski definition) is 2. The van der Waals surface area contributed by atoms with Gasteiger partial charge in [-0.1, -0.05) is 30.1 Å². The topological polar surface area (TPSA) is 38.0 Å². The van der Waals surface area contributed by atoms with Crippen molar-refractivity contribution < 1.29 is 0 Å². The second-order valence-electron chi connectivity index (χ2n) is 4.19. The standard InChI is InChI=1S/C11H14Cl2N2/c1-6-4-8(6)11(15-14)9-5-7(12)2-3-10(9)13/h2-3,5-6,8,11,15H,4,14H2,1H3. The fraction of sp³-hybridized carbons (Fsp3) is 0.455. The Bertz CT molecular complexity index is 368. The Balaban J connectivity index is 2.29. The zero-order chi connectivity index (χ0) is 11.0. The normalized spacial score (nSPS) is 26.4. The third-order valence-corrected chi connectivity index (χ3v) is 3.65. The van der Waals surface area contributed by atoms with Crippen LogP contribution in [0.1, 0.15) is 24.9 Å². The summed E-state index contributed by atoms with van der Waals surface area (Å²) < 4.78 is 0. The number of rotatable bonds is 3. The summed E-state index contributed by atoms with van der Waals surface area (Å²) in [5.41, 5.74) is 3.84. The molecule has 1 saturated carbocycles.